The number of amides is 2. The first-order chi connectivity index (χ1) is 10.0. The van der Waals surface area contributed by atoms with Crippen LogP contribution in [0.3, 0.4) is 0 Å². The minimum atomic E-state index is -0.470. The zero-order chi connectivity index (χ0) is 15.4. The van der Waals surface area contributed by atoms with E-state index in [0.29, 0.717) is 17.9 Å². The van der Waals surface area contributed by atoms with E-state index < -0.39 is 5.82 Å². The molecule has 0 aromatic heterocycles. The number of hydrogen-bond acceptors (Lipinski definition) is 4. The maximum absolute atomic E-state index is 13.6. The van der Waals surface area contributed by atoms with Crippen LogP contribution < -0.4 is 10.1 Å². The van der Waals surface area contributed by atoms with Crippen LogP contribution >= 0.6 is 11.8 Å². The van der Waals surface area contributed by atoms with E-state index in [0.717, 1.165) is 0 Å². The minimum Gasteiger partial charge on any atom is -0.494 e. The molecular weight excluding hydrogens is 295 g/mol. The van der Waals surface area contributed by atoms with Gasteiger partial charge in [-0.15, -0.1) is 0 Å². The van der Waals surface area contributed by atoms with Crippen LogP contribution in [0, 0.1) is 5.82 Å². The average Bonchev–Trinajstić information content (AvgIpc) is 2.84. The van der Waals surface area contributed by atoms with Gasteiger partial charge in [0.05, 0.1) is 13.2 Å². The third kappa shape index (κ3) is 3.87. The van der Waals surface area contributed by atoms with Crippen molar-refractivity contribution >= 4 is 22.9 Å². The third-order valence-corrected chi connectivity index (χ3v) is 4.12. The Bertz CT molecular complexity index is 553. The zero-order valence-corrected chi connectivity index (χ0v) is 12.7. The number of benzene rings is 1. The summed E-state index contributed by atoms with van der Waals surface area (Å²) in [6.45, 7) is 2.39. The Morgan fingerprint density at radius 2 is 2.33 bits per heavy atom. The molecule has 1 N–H and O–H groups in total. The molecule has 2 amide bonds. The van der Waals surface area contributed by atoms with Gasteiger partial charge in [-0.05, 0) is 24.6 Å². The third-order valence-electron chi connectivity index (χ3n) is 3.23. The van der Waals surface area contributed by atoms with Gasteiger partial charge in [0.25, 0.3) is 5.24 Å². The lowest BCUT2D eigenvalue weighted by Crippen LogP contribution is -2.38. The number of carbonyl (C=O) groups is 2. The first kappa shape index (κ1) is 15.6. The van der Waals surface area contributed by atoms with Gasteiger partial charge in [-0.25, -0.2) is 4.39 Å². The quantitative estimate of drug-likeness (QED) is 0.905. The predicted molar refractivity (Wildman–Crippen MR) is 78.9 cm³/mol. The Morgan fingerprint density at radius 1 is 1.57 bits per heavy atom. The maximum atomic E-state index is 13.6. The Morgan fingerprint density at radius 3 is 2.90 bits per heavy atom. The molecule has 1 aromatic rings. The Balaban J connectivity index is 1.94. The number of carbonyl (C=O) groups excluding carboxylic acids is 2. The summed E-state index contributed by atoms with van der Waals surface area (Å²) in [5, 5.41) is 2.68. The molecule has 1 aliphatic heterocycles. The number of nitrogens with zero attached hydrogens (tertiary/aromatic N) is 1. The van der Waals surface area contributed by atoms with Crippen LogP contribution in [0.25, 0.3) is 0 Å². The molecule has 0 aliphatic carbocycles. The summed E-state index contributed by atoms with van der Waals surface area (Å²) in [6.07, 6.45) is 0. The number of thioether (sulfide) groups is 1. The van der Waals surface area contributed by atoms with Gasteiger partial charge in [-0.2, -0.15) is 0 Å². The molecule has 1 atom stereocenters. The van der Waals surface area contributed by atoms with Crippen LogP contribution in [0.5, 0.6) is 5.75 Å². The van der Waals surface area contributed by atoms with E-state index in [1.54, 1.807) is 13.0 Å². The molecule has 1 aromatic carbocycles. The van der Waals surface area contributed by atoms with Crippen LogP contribution in [0.2, 0.25) is 0 Å². The van der Waals surface area contributed by atoms with Gasteiger partial charge in [-0.1, -0.05) is 17.8 Å². The van der Waals surface area contributed by atoms with Crippen molar-refractivity contribution in [2.75, 3.05) is 26.0 Å². The van der Waals surface area contributed by atoms with Gasteiger partial charge in [0.1, 0.15) is 6.54 Å². The molecule has 1 saturated heterocycles. The molecule has 1 aliphatic rings. The summed E-state index contributed by atoms with van der Waals surface area (Å²) in [5.41, 5.74) is 0.642. The van der Waals surface area contributed by atoms with Crippen LogP contribution in [-0.4, -0.2) is 42.0 Å². The fourth-order valence-corrected chi connectivity index (χ4v) is 2.89. The largest absolute Gasteiger partial charge is 0.494 e. The fourth-order valence-electron chi connectivity index (χ4n) is 2.07. The molecule has 1 fully saturated rings. The number of hydrogen-bond donors (Lipinski definition) is 1. The highest BCUT2D eigenvalue weighted by Gasteiger charge is 2.23. The van der Waals surface area contributed by atoms with Crippen molar-refractivity contribution < 1.29 is 18.7 Å². The normalized spacial score (nSPS) is 16.0. The van der Waals surface area contributed by atoms with Gasteiger partial charge < -0.3 is 15.0 Å². The van der Waals surface area contributed by atoms with Gasteiger partial charge in [0.15, 0.2) is 11.6 Å². The smallest absolute Gasteiger partial charge is 0.282 e. The van der Waals surface area contributed by atoms with Crippen LogP contribution in [0.4, 0.5) is 9.18 Å². The Kier molecular flexibility index (Phi) is 5.06. The second kappa shape index (κ2) is 6.80. The highest BCUT2D eigenvalue weighted by Crippen LogP contribution is 2.22. The number of methoxy groups -OCH3 is 1. The molecule has 1 heterocycles. The van der Waals surface area contributed by atoms with Crippen LogP contribution in [0.1, 0.15) is 18.5 Å². The van der Waals surface area contributed by atoms with E-state index in [1.807, 2.05) is 0 Å². The second-order valence-electron chi connectivity index (χ2n) is 4.72. The van der Waals surface area contributed by atoms with E-state index in [-0.39, 0.29) is 29.5 Å². The number of ether oxygens (including phenoxy) is 1. The van der Waals surface area contributed by atoms with Gasteiger partial charge in [0.2, 0.25) is 5.91 Å². The van der Waals surface area contributed by atoms with Crippen molar-refractivity contribution in [3.63, 3.8) is 0 Å². The average molecular weight is 312 g/mol. The summed E-state index contributed by atoms with van der Waals surface area (Å²) in [5.74, 6) is 0.152. The molecule has 7 heteroatoms. The summed E-state index contributed by atoms with van der Waals surface area (Å²) < 4.78 is 18.5. The lowest BCUT2D eigenvalue weighted by molar-refractivity contribution is -0.122. The van der Waals surface area contributed by atoms with Crippen molar-refractivity contribution in [3.8, 4) is 5.75 Å². The molecular formula is C14H17FN2O3S. The minimum absolute atomic E-state index is 0.0365. The monoisotopic (exact) mass is 312 g/mol. The number of rotatable bonds is 5. The Hall–Kier alpha value is -1.76. The predicted octanol–water partition coefficient (Wildman–Crippen LogP) is 2.18. The molecule has 21 heavy (non-hydrogen) atoms. The maximum Gasteiger partial charge on any atom is 0.282 e. The van der Waals surface area contributed by atoms with E-state index in [2.05, 4.69) is 5.32 Å². The van der Waals surface area contributed by atoms with E-state index in [4.69, 9.17) is 4.74 Å². The number of halogens is 1. The first-order valence-corrected chi connectivity index (χ1v) is 7.54. The highest BCUT2D eigenvalue weighted by molar-refractivity contribution is 8.13. The molecule has 0 unspecified atom stereocenters. The first-order valence-electron chi connectivity index (χ1n) is 6.55. The summed E-state index contributed by atoms with van der Waals surface area (Å²) in [4.78, 5) is 24.8. The van der Waals surface area contributed by atoms with Gasteiger partial charge >= 0.3 is 0 Å². The van der Waals surface area contributed by atoms with Crippen molar-refractivity contribution in [3.05, 3.63) is 29.6 Å². The zero-order valence-electron chi connectivity index (χ0n) is 11.9. The molecule has 114 valence electrons. The molecule has 2 rings (SSSR count). The second-order valence-corrected chi connectivity index (χ2v) is 5.77. The summed E-state index contributed by atoms with van der Waals surface area (Å²) >= 11 is 1.21. The van der Waals surface area contributed by atoms with Crippen molar-refractivity contribution in [2.24, 2.45) is 0 Å². The lowest BCUT2D eigenvalue weighted by Gasteiger charge is -2.18. The molecule has 0 spiro atoms. The van der Waals surface area contributed by atoms with Crippen molar-refractivity contribution in [2.45, 2.75) is 13.0 Å². The highest BCUT2D eigenvalue weighted by atomic mass is 32.2. The molecule has 5 nitrogen and oxygen atoms in total. The van der Waals surface area contributed by atoms with Gasteiger partial charge in [-0.3, -0.25) is 9.59 Å². The SMILES string of the molecule is COc1ccc([C@@H](C)NC(=O)CN2CCSC2=O)cc1F. The van der Waals surface area contributed by atoms with Crippen LogP contribution in [0.15, 0.2) is 18.2 Å². The van der Waals surface area contributed by atoms with Crippen molar-refractivity contribution in [1.29, 1.82) is 0 Å². The van der Waals surface area contributed by atoms with E-state index >= 15 is 0 Å². The standard InChI is InChI=1S/C14H17FN2O3S/c1-9(10-3-4-12(20-2)11(15)7-10)16-13(18)8-17-5-6-21-14(17)19/h3-4,7,9H,5-6,8H2,1-2H3,(H,16,18)/t9-/m1/s1. The molecule has 0 radical (unpaired) electrons. The summed E-state index contributed by atoms with van der Waals surface area (Å²) in [7, 11) is 1.40. The lowest BCUT2D eigenvalue weighted by atomic mass is 10.1. The van der Waals surface area contributed by atoms with Crippen LogP contribution in [-0.2, 0) is 4.79 Å². The van der Waals surface area contributed by atoms with E-state index in [1.165, 1.54) is 35.9 Å². The van der Waals surface area contributed by atoms with E-state index in [9.17, 15) is 14.0 Å². The number of nitrogens with one attached hydrogen (secondary N) is 1. The summed E-state index contributed by atoms with van der Waals surface area (Å²) in [6, 6.07) is 4.21. The molecule has 0 bridgehead atoms. The van der Waals surface area contributed by atoms with Crippen molar-refractivity contribution in [1.82, 2.24) is 10.2 Å². The molecule has 0 saturated carbocycles. The topological polar surface area (TPSA) is 58.6 Å². The fraction of sp³-hybridized carbons (Fsp3) is 0.429. The Labute approximate surface area is 126 Å². The van der Waals surface area contributed by atoms with Gasteiger partial charge in [0, 0.05) is 12.3 Å².